The lowest BCUT2D eigenvalue weighted by Crippen LogP contribution is -2.34. The van der Waals surface area contributed by atoms with E-state index in [-0.39, 0.29) is 29.8 Å². The van der Waals surface area contributed by atoms with Crippen LogP contribution >= 0.6 is 0 Å². The Morgan fingerprint density at radius 3 is 2.22 bits per heavy atom. The van der Waals surface area contributed by atoms with Crippen molar-refractivity contribution < 1.29 is 18.0 Å². The lowest BCUT2D eigenvalue weighted by Gasteiger charge is -2.21. The van der Waals surface area contributed by atoms with Crippen molar-refractivity contribution in [1.82, 2.24) is 19.4 Å². The molecular weight excluding hydrogens is 480 g/mol. The molecule has 194 valence electrons. The first-order chi connectivity index (χ1) is 17.1. The molecule has 0 unspecified atom stereocenters. The first-order valence-corrected chi connectivity index (χ1v) is 13.2. The summed E-state index contributed by atoms with van der Waals surface area (Å²) in [6.45, 7) is 2.26. The van der Waals surface area contributed by atoms with Gasteiger partial charge >= 0.3 is 6.03 Å². The number of rotatable bonds is 10. The molecule has 0 aromatic heterocycles. The van der Waals surface area contributed by atoms with Gasteiger partial charge in [0.15, 0.2) is 0 Å². The van der Waals surface area contributed by atoms with Crippen LogP contribution in [0.25, 0.3) is 0 Å². The third-order valence-electron chi connectivity index (χ3n) is 5.92. The normalized spacial score (nSPS) is 13.2. The standard InChI is InChI=1S/C25H34N6O4S/c1-29(2)25(33)28-21-9-11-22(12-10-21)36(34,35)31(4)18-14-23(32)30(3)17-13-19-5-7-20(8-6-19)24-26-15-16-27-24/h5-12H,13-18H2,1-4H3,(H,26,27)(H,28,33). The second-order valence-electron chi connectivity index (χ2n) is 8.84. The van der Waals surface area contributed by atoms with E-state index in [1.165, 1.54) is 40.5 Å². The van der Waals surface area contributed by atoms with Gasteiger partial charge in [-0.05, 0) is 36.2 Å². The molecule has 1 aliphatic heterocycles. The van der Waals surface area contributed by atoms with Crippen LogP contribution < -0.4 is 10.6 Å². The first kappa shape index (κ1) is 27.2. The fourth-order valence-electron chi connectivity index (χ4n) is 3.53. The van der Waals surface area contributed by atoms with Gasteiger partial charge in [0.25, 0.3) is 0 Å². The lowest BCUT2D eigenvalue weighted by molar-refractivity contribution is -0.129. The number of amides is 3. The van der Waals surface area contributed by atoms with E-state index < -0.39 is 10.0 Å². The molecule has 2 aromatic carbocycles. The Kier molecular flexibility index (Phi) is 9.05. The monoisotopic (exact) mass is 514 g/mol. The average Bonchev–Trinajstić information content (AvgIpc) is 3.41. The Labute approximate surface area is 213 Å². The van der Waals surface area contributed by atoms with Crippen LogP contribution in [0.2, 0.25) is 0 Å². The van der Waals surface area contributed by atoms with E-state index in [2.05, 4.69) is 15.6 Å². The number of urea groups is 1. The van der Waals surface area contributed by atoms with Crippen molar-refractivity contribution in [2.45, 2.75) is 17.7 Å². The maximum absolute atomic E-state index is 12.9. The highest BCUT2D eigenvalue weighted by atomic mass is 32.2. The number of hydrogen-bond donors (Lipinski definition) is 2. The molecule has 2 aromatic rings. The Hall–Kier alpha value is -3.44. The summed E-state index contributed by atoms with van der Waals surface area (Å²) in [5.74, 6) is 0.792. The van der Waals surface area contributed by atoms with Crippen molar-refractivity contribution in [3.05, 3.63) is 59.7 Å². The number of benzene rings is 2. The minimum atomic E-state index is -3.76. The number of hydrogen-bond acceptors (Lipinski definition) is 6. The molecule has 10 nitrogen and oxygen atoms in total. The second kappa shape index (κ2) is 12.0. The number of carbonyl (C=O) groups is 2. The largest absolute Gasteiger partial charge is 0.368 e. The van der Waals surface area contributed by atoms with Crippen molar-refractivity contribution in [2.24, 2.45) is 4.99 Å². The summed E-state index contributed by atoms with van der Waals surface area (Å²) in [4.78, 5) is 31.9. The molecule has 1 aliphatic rings. The molecule has 1 heterocycles. The molecule has 0 bridgehead atoms. The Balaban J connectivity index is 1.47. The van der Waals surface area contributed by atoms with Gasteiger partial charge in [0.2, 0.25) is 15.9 Å². The van der Waals surface area contributed by atoms with Crippen LogP contribution in [0.5, 0.6) is 0 Å². The Morgan fingerprint density at radius 1 is 0.972 bits per heavy atom. The molecule has 0 spiro atoms. The number of aliphatic imine (C=N–C) groups is 1. The minimum Gasteiger partial charge on any atom is -0.368 e. The van der Waals surface area contributed by atoms with Crippen molar-refractivity contribution in [2.75, 3.05) is 59.7 Å². The molecule has 0 atom stereocenters. The number of likely N-dealkylation sites (N-methyl/N-ethyl adjacent to an activating group) is 1. The summed E-state index contributed by atoms with van der Waals surface area (Å²) < 4.78 is 26.9. The van der Waals surface area contributed by atoms with Gasteiger partial charge in [-0.2, -0.15) is 0 Å². The fourth-order valence-corrected chi connectivity index (χ4v) is 4.70. The third kappa shape index (κ3) is 7.05. The molecule has 3 rings (SSSR count). The van der Waals surface area contributed by atoms with Crippen LogP contribution in [0, 0.1) is 0 Å². The highest BCUT2D eigenvalue weighted by Crippen LogP contribution is 2.18. The summed E-state index contributed by atoms with van der Waals surface area (Å²) in [5.41, 5.74) is 2.66. The SMILES string of the molecule is CN(C)C(=O)Nc1ccc(S(=O)(=O)N(C)CCC(=O)N(C)CCc2ccc(C3=NCCN3)cc2)cc1. The zero-order valence-electron chi connectivity index (χ0n) is 21.2. The van der Waals surface area contributed by atoms with E-state index in [1.54, 1.807) is 26.0 Å². The van der Waals surface area contributed by atoms with E-state index in [1.807, 2.05) is 24.3 Å². The highest BCUT2D eigenvalue weighted by Gasteiger charge is 2.22. The van der Waals surface area contributed by atoms with Gasteiger partial charge in [-0.25, -0.2) is 17.5 Å². The van der Waals surface area contributed by atoms with Gasteiger partial charge in [0.05, 0.1) is 11.4 Å². The van der Waals surface area contributed by atoms with Crippen LogP contribution in [0.3, 0.4) is 0 Å². The molecule has 0 saturated carbocycles. The molecule has 3 amide bonds. The Bertz CT molecular complexity index is 1190. The van der Waals surface area contributed by atoms with Gasteiger partial charge in [-0.15, -0.1) is 0 Å². The average molecular weight is 515 g/mol. The van der Waals surface area contributed by atoms with Crippen LogP contribution in [0.1, 0.15) is 17.5 Å². The third-order valence-corrected chi connectivity index (χ3v) is 7.79. The van der Waals surface area contributed by atoms with Crippen LogP contribution in [0.4, 0.5) is 10.5 Å². The number of amidine groups is 1. The van der Waals surface area contributed by atoms with Gasteiger partial charge in [-0.3, -0.25) is 9.79 Å². The lowest BCUT2D eigenvalue weighted by atomic mass is 10.1. The predicted octanol–water partition coefficient (Wildman–Crippen LogP) is 1.84. The van der Waals surface area contributed by atoms with E-state index >= 15 is 0 Å². The molecule has 0 radical (unpaired) electrons. The Morgan fingerprint density at radius 2 is 1.64 bits per heavy atom. The first-order valence-electron chi connectivity index (χ1n) is 11.7. The van der Waals surface area contributed by atoms with Gasteiger partial charge in [0, 0.05) is 65.5 Å². The number of nitrogens with zero attached hydrogens (tertiary/aromatic N) is 4. The quantitative estimate of drug-likeness (QED) is 0.502. The van der Waals surface area contributed by atoms with Gasteiger partial charge < -0.3 is 20.4 Å². The van der Waals surface area contributed by atoms with Crippen molar-refractivity contribution in [3.8, 4) is 0 Å². The fraction of sp³-hybridized carbons (Fsp3) is 0.400. The summed E-state index contributed by atoms with van der Waals surface area (Å²) in [6.07, 6.45) is 0.779. The van der Waals surface area contributed by atoms with E-state index in [4.69, 9.17) is 0 Å². The molecule has 2 N–H and O–H groups in total. The number of nitrogens with one attached hydrogen (secondary N) is 2. The van der Waals surface area contributed by atoms with E-state index in [9.17, 15) is 18.0 Å². The topological polar surface area (TPSA) is 114 Å². The van der Waals surface area contributed by atoms with Crippen molar-refractivity contribution >= 4 is 33.5 Å². The highest BCUT2D eigenvalue weighted by molar-refractivity contribution is 7.89. The maximum Gasteiger partial charge on any atom is 0.321 e. The summed E-state index contributed by atoms with van der Waals surface area (Å²) in [5, 5.41) is 5.91. The van der Waals surface area contributed by atoms with Crippen LogP contribution in [-0.2, 0) is 21.2 Å². The maximum atomic E-state index is 12.9. The number of anilines is 1. The number of carbonyl (C=O) groups excluding carboxylic acids is 2. The van der Waals surface area contributed by atoms with E-state index in [0.29, 0.717) is 18.7 Å². The minimum absolute atomic E-state index is 0.0639. The van der Waals surface area contributed by atoms with Crippen molar-refractivity contribution in [3.63, 3.8) is 0 Å². The molecule has 0 fully saturated rings. The second-order valence-corrected chi connectivity index (χ2v) is 10.9. The molecular formula is C25H34N6O4S. The predicted molar refractivity (Wildman–Crippen MR) is 141 cm³/mol. The molecule has 0 saturated heterocycles. The van der Waals surface area contributed by atoms with Gasteiger partial charge in [0.1, 0.15) is 5.84 Å². The number of sulfonamides is 1. The molecule has 0 aliphatic carbocycles. The van der Waals surface area contributed by atoms with E-state index in [0.717, 1.165) is 30.1 Å². The van der Waals surface area contributed by atoms with Crippen LogP contribution in [0.15, 0.2) is 58.4 Å². The zero-order chi connectivity index (χ0) is 26.3. The smallest absolute Gasteiger partial charge is 0.321 e. The van der Waals surface area contributed by atoms with Crippen molar-refractivity contribution in [1.29, 1.82) is 0 Å². The summed E-state index contributed by atoms with van der Waals surface area (Å²) in [6, 6.07) is 13.8. The summed E-state index contributed by atoms with van der Waals surface area (Å²) >= 11 is 0. The molecule has 11 heteroatoms. The summed E-state index contributed by atoms with van der Waals surface area (Å²) in [7, 11) is 2.65. The van der Waals surface area contributed by atoms with Crippen LogP contribution in [-0.4, -0.2) is 94.7 Å². The molecule has 36 heavy (non-hydrogen) atoms. The zero-order valence-corrected chi connectivity index (χ0v) is 22.0. The van der Waals surface area contributed by atoms with Gasteiger partial charge in [-0.1, -0.05) is 24.3 Å².